The normalized spacial score (nSPS) is 20.9. The van der Waals surface area contributed by atoms with Crippen LogP contribution in [0.25, 0.3) is 0 Å². The van der Waals surface area contributed by atoms with Crippen molar-refractivity contribution in [1.82, 2.24) is 42.5 Å². The lowest BCUT2D eigenvalue weighted by Crippen LogP contribution is -2.62. The number of nitrogens with one attached hydrogen (secondary N) is 8. The van der Waals surface area contributed by atoms with E-state index in [2.05, 4.69) is 42.5 Å². The lowest BCUT2D eigenvalue weighted by molar-refractivity contribution is -0.138. The number of amides is 9. The van der Waals surface area contributed by atoms with E-state index in [0.29, 0.717) is 46.7 Å². The van der Waals surface area contributed by atoms with E-state index in [4.69, 9.17) is 28.8 Å². The molecule has 17 N–H and O–H groups in total. The van der Waals surface area contributed by atoms with Crippen LogP contribution in [0.15, 0.2) is 97.1 Å². The van der Waals surface area contributed by atoms with E-state index in [1.54, 1.807) is 31.3 Å². The number of aromatic hydroxyl groups is 2. The van der Waals surface area contributed by atoms with Crippen LogP contribution < -0.4 is 59.7 Å². The number of benzene rings is 4. The standard InChI is InChI=1S/C56H70ClN11O13/c1-30(69)48-56(81)66-44(55(80)64-42(50(60)75)25-34-12-20-39(71)21-13-34)28-47(73)62-29-45(67-52(77)40(58)24-32-8-16-37(57)17-9-32)46(72)27-36(23-31-10-18-38(70)19-11-31)51(76)65-43(26-33-6-14-35(15-7-33)49(59)74)54(79)63-41(53(78)68-48)5-3-4-22-61-2/h6-21,30,36,40-45,48,61,69-71H,3-5,22-29,58H2,1-2H3,(H2,59,74)(H2,60,75)(H,62,73)(H,63,79)(H,64,80)(H,65,76)(H,66,81)(H,67,77)(H,68,78)/t30-,36-,40+,41+,42-,43-,44+,45-,48+/m1/s1. The van der Waals surface area contributed by atoms with E-state index >= 15 is 0 Å². The number of aliphatic hydroxyl groups is 1. The molecule has 1 aliphatic heterocycles. The largest absolute Gasteiger partial charge is 0.508 e. The van der Waals surface area contributed by atoms with Gasteiger partial charge in [-0.3, -0.25) is 47.9 Å². The summed E-state index contributed by atoms with van der Waals surface area (Å²) in [5.41, 5.74) is 19.6. The van der Waals surface area contributed by atoms with Gasteiger partial charge in [0.1, 0.15) is 47.8 Å². The molecular formula is C56H70ClN11O13. The fourth-order valence-corrected chi connectivity index (χ4v) is 8.87. The third-order valence-corrected chi connectivity index (χ3v) is 13.6. The van der Waals surface area contributed by atoms with Gasteiger partial charge in [0, 0.05) is 42.3 Å². The van der Waals surface area contributed by atoms with Crippen molar-refractivity contribution in [3.05, 3.63) is 130 Å². The second kappa shape index (κ2) is 30.8. The molecule has 0 radical (unpaired) electrons. The van der Waals surface area contributed by atoms with E-state index in [-0.39, 0.29) is 49.2 Å². The molecule has 0 unspecified atom stereocenters. The van der Waals surface area contributed by atoms with Gasteiger partial charge in [-0.05, 0) is 123 Å². The van der Waals surface area contributed by atoms with Crippen LogP contribution in [0.3, 0.4) is 0 Å². The van der Waals surface area contributed by atoms with Crippen LogP contribution in [0.4, 0.5) is 0 Å². The van der Waals surface area contributed by atoms with E-state index in [1.807, 2.05) is 0 Å². The topological polar surface area (TPSA) is 406 Å². The highest BCUT2D eigenvalue weighted by molar-refractivity contribution is 6.30. The Bertz CT molecular complexity index is 2860. The molecule has 0 saturated carbocycles. The molecule has 9 amide bonds. The maximum absolute atomic E-state index is 14.8. The third kappa shape index (κ3) is 20.3. The zero-order valence-corrected chi connectivity index (χ0v) is 45.5. The molecule has 0 aromatic heterocycles. The minimum atomic E-state index is -1.90. The highest BCUT2D eigenvalue weighted by Gasteiger charge is 2.37. The third-order valence-electron chi connectivity index (χ3n) is 13.4. The molecule has 0 spiro atoms. The summed E-state index contributed by atoms with van der Waals surface area (Å²) in [6.45, 7) is 0.972. The van der Waals surface area contributed by atoms with E-state index in [1.165, 1.54) is 72.8 Å². The number of Topliss-reactive ketones (excluding diaryl/α,β-unsaturated/α-hetero) is 1. The van der Waals surface area contributed by atoms with Crippen molar-refractivity contribution in [2.24, 2.45) is 23.1 Å². The predicted octanol–water partition coefficient (Wildman–Crippen LogP) is -1.29. The summed E-state index contributed by atoms with van der Waals surface area (Å²) in [5, 5.41) is 52.1. The number of halogens is 1. The molecule has 1 heterocycles. The fourth-order valence-electron chi connectivity index (χ4n) is 8.75. The number of aliphatic hydroxyl groups excluding tert-OH is 1. The van der Waals surface area contributed by atoms with Gasteiger partial charge in [0.15, 0.2) is 5.78 Å². The molecule has 9 atom stereocenters. The van der Waals surface area contributed by atoms with Crippen LogP contribution in [0.1, 0.15) is 71.6 Å². The Balaban J connectivity index is 1.60. The molecule has 81 heavy (non-hydrogen) atoms. The first-order valence-electron chi connectivity index (χ1n) is 26.2. The molecule has 1 fully saturated rings. The maximum Gasteiger partial charge on any atom is 0.248 e. The lowest BCUT2D eigenvalue weighted by atomic mass is 9.90. The average molecular weight is 1140 g/mol. The Morgan fingerprint density at radius 3 is 1.83 bits per heavy atom. The molecular weight excluding hydrogens is 1070 g/mol. The lowest BCUT2D eigenvalue weighted by Gasteiger charge is -2.29. The molecule has 25 heteroatoms. The maximum atomic E-state index is 14.8. The first-order chi connectivity index (χ1) is 38.5. The number of ketones is 1. The molecule has 1 aliphatic rings. The number of rotatable bonds is 20. The Morgan fingerprint density at radius 1 is 0.679 bits per heavy atom. The van der Waals surface area contributed by atoms with Crippen molar-refractivity contribution >= 4 is 70.5 Å². The summed E-state index contributed by atoms with van der Waals surface area (Å²) in [6.07, 6.45) is -3.17. The van der Waals surface area contributed by atoms with E-state index in [9.17, 15) is 63.3 Å². The van der Waals surface area contributed by atoms with Crippen LogP contribution in [0, 0.1) is 5.92 Å². The van der Waals surface area contributed by atoms with Crippen LogP contribution in [-0.2, 0) is 68.8 Å². The minimum Gasteiger partial charge on any atom is -0.508 e. The molecule has 4 aromatic rings. The van der Waals surface area contributed by atoms with Gasteiger partial charge in [0.05, 0.1) is 18.6 Å². The van der Waals surface area contributed by atoms with Crippen molar-refractivity contribution in [3.8, 4) is 11.5 Å². The second-order valence-electron chi connectivity index (χ2n) is 19.9. The number of nitrogens with two attached hydrogens (primary N) is 3. The number of unbranched alkanes of at least 4 members (excludes halogenated alkanes) is 1. The van der Waals surface area contributed by atoms with Crippen molar-refractivity contribution < 1.29 is 63.3 Å². The zero-order valence-electron chi connectivity index (χ0n) is 44.7. The smallest absolute Gasteiger partial charge is 0.248 e. The van der Waals surface area contributed by atoms with Gasteiger partial charge in [-0.1, -0.05) is 60.1 Å². The van der Waals surface area contributed by atoms with E-state index in [0.717, 1.165) is 6.92 Å². The van der Waals surface area contributed by atoms with Gasteiger partial charge in [0.2, 0.25) is 53.2 Å². The summed E-state index contributed by atoms with van der Waals surface area (Å²) >= 11 is 6.06. The number of phenols is 2. The van der Waals surface area contributed by atoms with Crippen LogP contribution in [0.5, 0.6) is 11.5 Å². The molecule has 4 aromatic carbocycles. The Labute approximate surface area is 472 Å². The summed E-state index contributed by atoms with van der Waals surface area (Å²) in [5.74, 6) is -11.1. The molecule has 0 aliphatic carbocycles. The molecule has 434 valence electrons. The van der Waals surface area contributed by atoms with Gasteiger partial charge >= 0.3 is 0 Å². The number of hydrogen-bond acceptors (Lipinski definition) is 15. The minimum absolute atomic E-state index is 0.0306. The van der Waals surface area contributed by atoms with Gasteiger partial charge in [-0.15, -0.1) is 0 Å². The number of primary amides is 2. The zero-order chi connectivity index (χ0) is 59.3. The average Bonchev–Trinajstić information content (AvgIpc) is 3.44. The summed E-state index contributed by atoms with van der Waals surface area (Å²) < 4.78 is 0. The van der Waals surface area contributed by atoms with Crippen molar-refractivity contribution in [2.45, 2.75) is 113 Å². The van der Waals surface area contributed by atoms with E-state index < -0.39 is 133 Å². The Kier molecular flexibility index (Phi) is 24.1. The second-order valence-corrected chi connectivity index (χ2v) is 20.3. The number of carbonyl (C=O) groups excluding carboxylic acids is 10. The van der Waals surface area contributed by atoms with Crippen molar-refractivity contribution in [3.63, 3.8) is 0 Å². The fraction of sp³-hybridized carbons (Fsp3) is 0.393. The number of phenolic OH excluding ortho intramolecular Hbond substituents is 2. The highest BCUT2D eigenvalue weighted by atomic mass is 35.5. The number of hydrogen-bond donors (Lipinski definition) is 14. The Morgan fingerprint density at radius 2 is 1.23 bits per heavy atom. The summed E-state index contributed by atoms with van der Waals surface area (Å²) in [6, 6.07) is 12.5. The summed E-state index contributed by atoms with van der Waals surface area (Å²) in [7, 11) is 1.71. The molecule has 0 bridgehead atoms. The quantitative estimate of drug-likeness (QED) is 0.0458. The number of carbonyl (C=O) groups is 10. The van der Waals surface area contributed by atoms with Crippen LogP contribution >= 0.6 is 11.6 Å². The monoisotopic (exact) mass is 1140 g/mol. The Hall–Kier alpha value is -8.45. The van der Waals surface area contributed by atoms with Gasteiger partial charge in [0.25, 0.3) is 0 Å². The summed E-state index contributed by atoms with van der Waals surface area (Å²) in [4.78, 5) is 140. The van der Waals surface area contributed by atoms with Crippen LogP contribution in [0.2, 0.25) is 5.02 Å². The van der Waals surface area contributed by atoms with Crippen LogP contribution in [-0.4, -0.2) is 143 Å². The first-order valence-corrected chi connectivity index (χ1v) is 26.6. The molecule has 5 rings (SSSR count). The molecule has 24 nitrogen and oxygen atoms in total. The SMILES string of the molecule is CNCCCC[C@@H]1NC(=O)[C@@H](Cc2ccc(C(N)=O)cc2)NC(=O)[C@H](Cc2ccc(O)cc2)CC(=O)[C@H](NC(=O)[C@@H](N)Cc2ccc(Cl)cc2)CNC(=O)C[C@@H](C(=O)N[C@H](Cc2ccc(O)cc2)C(N)=O)NC(=O)[C@H]([C@@H](C)O)NC1=O. The van der Waals surface area contributed by atoms with Gasteiger partial charge in [-0.2, -0.15) is 0 Å². The molecule has 1 saturated heterocycles. The van der Waals surface area contributed by atoms with Gasteiger partial charge < -0.3 is 75.1 Å². The highest BCUT2D eigenvalue weighted by Crippen LogP contribution is 2.20. The van der Waals surface area contributed by atoms with Crippen molar-refractivity contribution in [2.75, 3.05) is 20.1 Å². The predicted molar refractivity (Wildman–Crippen MR) is 296 cm³/mol. The van der Waals surface area contributed by atoms with Gasteiger partial charge in [-0.25, -0.2) is 0 Å². The van der Waals surface area contributed by atoms with Crippen molar-refractivity contribution in [1.29, 1.82) is 0 Å². The first kappa shape index (κ1) is 63.4.